The summed E-state index contributed by atoms with van der Waals surface area (Å²) in [4.78, 5) is 111. The Hall–Kier alpha value is -4.97. The van der Waals surface area contributed by atoms with Gasteiger partial charge in [-0.2, -0.15) is 0 Å². The van der Waals surface area contributed by atoms with Crippen molar-refractivity contribution in [2.24, 2.45) is 17.3 Å². The van der Waals surface area contributed by atoms with E-state index in [0.29, 0.717) is 0 Å². The molecule has 18 heteroatoms. The van der Waals surface area contributed by atoms with Gasteiger partial charge in [0.2, 0.25) is 0 Å². The maximum atomic E-state index is 15.1. The number of aliphatic hydroxyl groups is 1. The molecular weight excluding hydrogens is 718 g/mol. The van der Waals surface area contributed by atoms with Crippen LogP contribution in [0, 0.1) is 17.3 Å². The zero-order valence-electron chi connectivity index (χ0n) is 31.0. The van der Waals surface area contributed by atoms with Gasteiger partial charge in [-0.15, -0.1) is 0 Å². The van der Waals surface area contributed by atoms with Gasteiger partial charge in [0.15, 0.2) is 35.8 Å². The lowest BCUT2D eigenvalue weighted by molar-refractivity contribution is -0.376. The van der Waals surface area contributed by atoms with Gasteiger partial charge in [0, 0.05) is 40.8 Å². The Morgan fingerprint density at radius 2 is 1.50 bits per heavy atom. The lowest BCUT2D eigenvalue weighted by Crippen LogP contribution is -2.88. The van der Waals surface area contributed by atoms with Crippen LogP contribution in [0.3, 0.4) is 0 Å². The molecule has 2 aliphatic heterocycles. The van der Waals surface area contributed by atoms with E-state index in [1.54, 1.807) is 0 Å². The molecule has 11 atom stereocenters. The molecule has 0 amide bonds. The Balaban J connectivity index is 1.94. The van der Waals surface area contributed by atoms with Crippen molar-refractivity contribution in [2.45, 2.75) is 116 Å². The first-order valence-corrected chi connectivity index (χ1v) is 17.2. The number of aryl methyl sites for hydroxylation is 1. The second-order valence-corrected chi connectivity index (χ2v) is 14.5. The average Bonchev–Trinajstić information content (AvgIpc) is 3.29. The Morgan fingerprint density at radius 3 is 2.09 bits per heavy atom. The van der Waals surface area contributed by atoms with Crippen molar-refractivity contribution in [1.29, 1.82) is 0 Å². The second kappa shape index (κ2) is 14.4. The molecule has 3 fully saturated rings. The van der Waals surface area contributed by atoms with Gasteiger partial charge in [-0.3, -0.25) is 38.5 Å². The molecule has 1 saturated heterocycles. The fourth-order valence-electron chi connectivity index (χ4n) is 8.61. The van der Waals surface area contributed by atoms with Crippen LogP contribution in [0.15, 0.2) is 18.3 Å². The second-order valence-electron chi connectivity index (χ2n) is 14.5. The van der Waals surface area contributed by atoms with Crippen LogP contribution in [0.4, 0.5) is 0 Å². The SMILES string of the molecule is CC(=O)OC[C@]12[C@H](OC(C)=O)C(=O)[C@@H]3[C@@H](OC(C)=O)[C@@]14O[C@@]3(C)COC(=O)c1cccnc1CC[C@H](C)C(=O)O[C@@H]([C@H](OC(C)=O)[C@@H]2OC(C)=O)[C@]4(C)O. The minimum absolute atomic E-state index is 0.0242. The average molecular weight is 762 g/mol. The van der Waals surface area contributed by atoms with Crippen molar-refractivity contribution >= 4 is 47.6 Å². The first-order chi connectivity index (χ1) is 25.1. The standard InChI is InChI=1S/C36H43NO17/c1-16-11-12-23-22(10-9-13-37-23)32(45)48-14-33(7)24-25(43)28(51-20(5)41)35(15-47-17(2)38)30(52-21(6)42)26(49-18(3)39)29(53-31(16)44)34(8,46)36(35,54-33)27(24)50-19(4)40/h9-10,13,16,24,26-30,46H,11-12,14-15H2,1-8H3/t16-,24+,26-,27+,28+,29-,30-,33-,34-,35+,36-/m0/s1. The van der Waals surface area contributed by atoms with Crippen molar-refractivity contribution in [3.8, 4) is 0 Å². The van der Waals surface area contributed by atoms with Crippen LogP contribution in [-0.2, 0) is 77.9 Å². The topological polar surface area (TPSA) is 244 Å². The maximum absolute atomic E-state index is 15.1. The van der Waals surface area contributed by atoms with E-state index in [4.69, 9.17) is 37.9 Å². The Bertz CT molecular complexity index is 1770. The van der Waals surface area contributed by atoms with E-state index < -0.39 is 125 Å². The number of rotatable bonds is 6. The summed E-state index contributed by atoms with van der Waals surface area (Å²) in [5, 5.41) is 13.2. The summed E-state index contributed by atoms with van der Waals surface area (Å²) in [6, 6.07) is 2.93. The molecular formula is C36H43NO17. The van der Waals surface area contributed by atoms with E-state index in [1.165, 1.54) is 32.2 Å². The Kier molecular flexibility index (Phi) is 10.7. The molecule has 1 aromatic heterocycles. The summed E-state index contributed by atoms with van der Waals surface area (Å²) in [7, 11) is 0. The molecule has 2 saturated carbocycles. The largest absolute Gasteiger partial charge is 0.465 e. The molecule has 0 aromatic carbocycles. The molecule has 0 radical (unpaired) electrons. The summed E-state index contributed by atoms with van der Waals surface area (Å²) in [5.74, 6) is -10.9. The molecule has 5 rings (SSSR count). The van der Waals surface area contributed by atoms with Crippen LogP contribution in [-0.4, -0.2) is 118 Å². The van der Waals surface area contributed by atoms with Crippen LogP contribution in [0.2, 0.25) is 0 Å². The van der Waals surface area contributed by atoms with Crippen LogP contribution in [0.5, 0.6) is 0 Å². The monoisotopic (exact) mass is 761 g/mol. The third-order valence-electron chi connectivity index (χ3n) is 10.6. The minimum atomic E-state index is -2.80. The summed E-state index contributed by atoms with van der Waals surface area (Å²) < 4.78 is 47.2. The molecule has 1 spiro atoms. The molecule has 2 aliphatic carbocycles. The number of hydrogen-bond donors (Lipinski definition) is 1. The van der Waals surface area contributed by atoms with E-state index in [0.717, 1.165) is 41.5 Å². The van der Waals surface area contributed by atoms with E-state index in [9.17, 15) is 38.7 Å². The molecule has 18 nitrogen and oxygen atoms in total. The number of fused-ring (bicyclic) bond motifs is 5. The highest BCUT2D eigenvalue weighted by atomic mass is 16.7. The lowest BCUT2D eigenvalue weighted by Gasteiger charge is -2.66. The van der Waals surface area contributed by atoms with Gasteiger partial charge in [0.05, 0.1) is 23.1 Å². The zero-order chi connectivity index (χ0) is 40.1. The van der Waals surface area contributed by atoms with Crippen LogP contribution in [0.1, 0.15) is 77.9 Å². The molecule has 1 N–H and O–H groups in total. The fraction of sp³-hybridized carbons (Fsp3) is 0.639. The normalized spacial score (nSPS) is 37.3. The number of pyridine rings is 1. The van der Waals surface area contributed by atoms with E-state index in [1.807, 2.05) is 0 Å². The Morgan fingerprint density at radius 1 is 0.889 bits per heavy atom. The number of Topliss-reactive ketones (excluding diaryl/α,β-unsaturated/α-hetero) is 1. The number of carbonyl (C=O) groups is 8. The predicted molar refractivity (Wildman–Crippen MR) is 175 cm³/mol. The van der Waals surface area contributed by atoms with Gasteiger partial charge < -0.3 is 43.0 Å². The van der Waals surface area contributed by atoms with Gasteiger partial charge in [-0.05, 0) is 38.8 Å². The van der Waals surface area contributed by atoms with Gasteiger partial charge in [0.1, 0.15) is 35.9 Å². The quantitative estimate of drug-likeness (QED) is 0.306. The Labute approximate surface area is 309 Å². The van der Waals surface area contributed by atoms with Crippen molar-refractivity contribution in [2.75, 3.05) is 13.2 Å². The first-order valence-electron chi connectivity index (χ1n) is 17.2. The summed E-state index contributed by atoms with van der Waals surface area (Å²) >= 11 is 0. The molecule has 294 valence electrons. The summed E-state index contributed by atoms with van der Waals surface area (Å²) in [6.07, 6.45) is -8.78. The molecule has 1 aromatic rings. The number of nitrogens with zero attached hydrogens (tertiary/aromatic N) is 1. The third-order valence-corrected chi connectivity index (χ3v) is 10.6. The smallest absolute Gasteiger partial charge is 0.340 e. The summed E-state index contributed by atoms with van der Waals surface area (Å²) in [5.41, 5.74) is -10.0. The van der Waals surface area contributed by atoms with Crippen molar-refractivity contribution in [3.63, 3.8) is 0 Å². The number of carbonyl (C=O) groups excluding carboxylic acids is 8. The number of hydrogen-bond acceptors (Lipinski definition) is 18. The van der Waals surface area contributed by atoms with E-state index in [-0.39, 0.29) is 24.1 Å². The molecule has 3 heterocycles. The van der Waals surface area contributed by atoms with Crippen molar-refractivity contribution < 1.29 is 81.4 Å². The minimum Gasteiger partial charge on any atom is -0.465 e. The zero-order valence-corrected chi connectivity index (χ0v) is 31.0. The van der Waals surface area contributed by atoms with Crippen LogP contribution in [0.25, 0.3) is 0 Å². The highest BCUT2D eigenvalue weighted by molar-refractivity contribution is 5.94. The van der Waals surface area contributed by atoms with Gasteiger partial charge in [0.25, 0.3) is 0 Å². The molecule has 0 unspecified atom stereocenters. The van der Waals surface area contributed by atoms with E-state index in [2.05, 4.69) is 4.98 Å². The molecule has 54 heavy (non-hydrogen) atoms. The predicted octanol–water partition coefficient (Wildman–Crippen LogP) is 0.500. The van der Waals surface area contributed by atoms with Gasteiger partial charge in [-0.25, -0.2) is 4.79 Å². The highest BCUT2D eigenvalue weighted by Gasteiger charge is 2.91. The number of ether oxygens (including phenoxy) is 8. The first kappa shape index (κ1) is 40.2. The van der Waals surface area contributed by atoms with Gasteiger partial charge >= 0.3 is 41.8 Å². The highest BCUT2D eigenvalue weighted by Crippen LogP contribution is 2.68. The number of esters is 7. The van der Waals surface area contributed by atoms with Crippen LogP contribution < -0.4 is 0 Å². The lowest BCUT2D eigenvalue weighted by atomic mass is 9.45. The third kappa shape index (κ3) is 6.37. The number of cyclic esters (lactones) is 1. The molecule has 4 bridgehead atoms. The fourth-order valence-corrected chi connectivity index (χ4v) is 8.61. The van der Waals surface area contributed by atoms with Crippen molar-refractivity contribution in [1.82, 2.24) is 4.98 Å². The summed E-state index contributed by atoms with van der Waals surface area (Å²) in [6.45, 7) is 6.87. The number of ketones is 1. The number of aromatic nitrogens is 1. The maximum Gasteiger partial charge on any atom is 0.340 e. The molecule has 4 aliphatic rings. The van der Waals surface area contributed by atoms with Gasteiger partial charge in [-0.1, -0.05) is 6.92 Å². The van der Waals surface area contributed by atoms with Crippen LogP contribution >= 0.6 is 0 Å². The van der Waals surface area contributed by atoms with Crippen molar-refractivity contribution in [3.05, 3.63) is 29.6 Å². The van der Waals surface area contributed by atoms with E-state index >= 15 is 4.79 Å².